The molecule has 0 aromatic heterocycles. The first-order valence-corrected chi connectivity index (χ1v) is 6.36. The van der Waals surface area contributed by atoms with Crippen molar-refractivity contribution in [1.29, 1.82) is 0 Å². The molecule has 0 unspecified atom stereocenters. The third kappa shape index (κ3) is 2.56. The maximum atomic E-state index is 5.67. The minimum absolute atomic E-state index is 0.468. The van der Waals surface area contributed by atoms with Gasteiger partial charge in [-0.15, -0.1) is 0 Å². The normalized spacial score (nSPS) is 18.5. The summed E-state index contributed by atoms with van der Waals surface area (Å²) in [6.45, 7) is 5.33. The van der Waals surface area contributed by atoms with Crippen molar-refractivity contribution in [3.63, 3.8) is 0 Å². The van der Waals surface area contributed by atoms with E-state index in [0.717, 1.165) is 6.54 Å². The summed E-state index contributed by atoms with van der Waals surface area (Å²) in [6.07, 6.45) is 4.06. The number of nitrogens with zero attached hydrogens (tertiary/aromatic N) is 1. The van der Waals surface area contributed by atoms with Crippen LogP contribution in [0.2, 0.25) is 0 Å². The predicted molar refractivity (Wildman–Crippen MR) is 70.0 cm³/mol. The second-order valence-corrected chi connectivity index (χ2v) is 4.78. The lowest BCUT2D eigenvalue weighted by Crippen LogP contribution is -2.29. The van der Waals surface area contributed by atoms with E-state index in [0.29, 0.717) is 5.92 Å². The summed E-state index contributed by atoms with van der Waals surface area (Å²) in [7, 11) is 0. The Morgan fingerprint density at radius 1 is 1.12 bits per heavy atom. The van der Waals surface area contributed by atoms with Gasteiger partial charge < -0.3 is 10.6 Å². The lowest BCUT2D eigenvalue weighted by atomic mass is 10.0. The first kappa shape index (κ1) is 11.5. The second-order valence-electron chi connectivity index (χ2n) is 4.78. The van der Waals surface area contributed by atoms with E-state index in [1.165, 1.54) is 43.6 Å². The smallest absolute Gasteiger partial charge is 0.0366 e. The third-order valence-electron chi connectivity index (χ3n) is 3.54. The zero-order valence-electron chi connectivity index (χ0n) is 10.2. The average Bonchev–Trinajstić information content (AvgIpc) is 2.39. The highest BCUT2D eigenvalue weighted by Gasteiger charge is 2.11. The van der Waals surface area contributed by atoms with Crippen LogP contribution in [0, 0.1) is 0 Å². The summed E-state index contributed by atoms with van der Waals surface area (Å²) in [5.74, 6) is 0.468. The van der Waals surface area contributed by atoms with Crippen LogP contribution in [0.1, 0.15) is 37.7 Å². The van der Waals surface area contributed by atoms with E-state index >= 15 is 0 Å². The highest BCUT2D eigenvalue weighted by Crippen LogP contribution is 2.22. The van der Waals surface area contributed by atoms with Gasteiger partial charge in [-0.1, -0.05) is 19.1 Å². The van der Waals surface area contributed by atoms with Crippen molar-refractivity contribution in [3.8, 4) is 0 Å². The van der Waals surface area contributed by atoms with Gasteiger partial charge in [-0.2, -0.15) is 0 Å². The molecule has 1 aliphatic heterocycles. The monoisotopic (exact) mass is 218 g/mol. The molecule has 2 rings (SSSR count). The number of hydrogen-bond donors (Lipinski definition) is 1. The Balaban J connectivity index is 2.06. The van der Waals surface area contributed by atoms with Gasteiger partial charge in [0.05, 0.1) is 0 Å². The van der Waals surface area contributed by atoms with Crippen LogP contribution in [0.3, 0.4) is 0 Å². The fraction of sp³-hybridized carbons (Fsp3) is 0.571. The molecule has 1 aromatic carbocycles. The maximum Gasteiger partial charge on any atom is 0.0366 e. The topological polar surface area (TPSA) is 29.3 Å². The molecule has 0 saturated carbocycles. The van der Waals surface area contributed by atoms with Crippen LogP contribution in [0.4, 0.5) is 5.69 Å². The van der Waals surface area contributed by atoms with Crippen molar-refractivity contribution in [2.24, 2.45) is 5.73 Å². The van der Waals surface area contributed by atoms with Crippen LogP contribution in [0.25, 0.3) is 0 Å². The summed E-state index contributed by atoms with van der Waals surface area (Å²) < 4.78 is 0. The SMILES string of the molecule is C[C@@H](CN)c1ccc(N2CCCCC2)cc1. The van der Waals surface area contributed by atoms with Gasteiger partial charge in [-0.25, -0.2) is 0 Å². The van der Waals surface area contributed by atoms with Gasteiger partial charge in [0.2, 0.25) is 0 Å². The molecule has 16 heavy (non-hydrogen) atoms. The molecule has 88 valence electrons. The quantitative estimate of drug-likeness (QED) is 0.845. The molecule has 1 saturated heterocycles. The Kier molecular flexibility index (Phi) is 3.83. The zero-order valence-corrected chi connectivity index (χ0v) is 10.2. The largest absolute Gasteiger partial charge is 0.372 e. The minimum Gasteiger partial charge on any atom is -0.372 e. The number of nitrogens with two attached hydrogens (primary N) is 1. The van der Waals surface area contributed by atoms with Gasteiger partial charge in [0.25, 0.3) is 0 Å². The second kappa shape index (κ2) is 5.35. The van der Waals surface area contributed by atoms with Crippen molar-refractivity contribution >= 4 is 5.69 Å². The first-order valence-electron chi connectivity index (χ1n) is 6.36. The van der Waals surface area contributed by atoms with E-state index in [4.69, 9.17) is 5.73 Å². The Labute approximate surface area is 98.4 Å². The molecular formula is C14H22N2. The van der Waals surface area contributed by atoms with Crippen LogP contribution in [0.15, 0.2) is 24.3 Å². The highest BCUT2D eigenvalue weighted by atomic mass is 15.1. The van der Waals surface area contributed by atoms with E-state index in [2.05, 4.69) is 36.1 Å². The number of hydrogen-bond acceptors (Lipinski definition) is 2. The number of anilines is 1. The number of benzene rings is 1. The summed E-state index contributed by atoms with van der Waals surface area (Å²) in [4.78, 5) is 2.49. The molecule has 0 radical (unpaired) electrons. The summed E-state index contributed by atoms with van der Waals surface area (Å²) >= 11 is 0. The molecule has 0 bridgehead atoms. The van der Waals surface area contributed by atoms with E-state index in [9.17, 15) is 0 Å². The van der Waals surface area contributed by atoms with Gasteiger partial charge in [-0.05, 0) is 49.4 Å². The Morgan fingerprint density at radius 3 is 2.31 bits per heavy atom. The first-order chi connectivity index (χ1) is 7.81. The molecular weight excluding hydrogens is 196 g/mol. The van der Waals surface area contributed by atoms with Crippen LogP contribution < -0.4 is 10.6 Å². The fourth-order valence-electron chi connectivity index (χ4n) is 2.30. The predicted octanol–water partition coefficient (Wildman–Crippen LogP) is 2.74. The molecule has 2 N–H and O–H groups in total. The molecule has 1 heterocycles. The minimum atomic E-state index is 0.468. The van der Waals surface area contributed by atoms with Crippen molar-refractivity contribution in [2.45, 2.75) is 32.1 Å². The molecule has 0 spiro atoms. The zero-order chi connectivity index (χ0) is 11.4. The van der Waals surface area contributed by atoms with Crippen LogP contribution in [0.5, 0.6) is 0 Å². The standard InChI is InChI=1S/C14H22N2/c1-12(11-15)13-5-7-14(8-6-13)16-9-3-2-4-10-16/h5-8,12H,2-4,9-11,15H2,1H3/t12-/m0/s1. The molecule has 1 aliphatic rings. The van der Waals surface area contributed by atoms with Crippen molar-refractivity contribution in [2.75, 3.05) is 24.5 Å². The maximum absolute atomic E-state index is 5.67. The molecule has 2 heteroatoms. The van der Waals surface area contributed by atoms with Crippen LogP contribution in [-0.2, 0) is 0 Å². The fourth-order valence-corrected chi connectivity index (χ4v) is 2.30. The van der Waals surface area contributed by atoms with Crippen molar-refractivity contribution in [1.82, 2.24) is 0 Å². The van der Waals surface area contributed by atoms with E-state index in [1.807, 2.05) is 0 Å². The lowest BCUT2D eigenvalue weighted by molar-refractivity contribution is 0.578. The molecule has 0 amide bonds. The lowest BCUT2D eigenvalue weighted by Gasteiger charge is -2.29. The molecule has 1 fully saturated rings. The number of rotatable bonds is 3. The van der Waals surface area contributed by atoms with Gasteiger partial charge in [0.15, 0.2) is 0 Å². The van der Waals surface area contributed by atoms with Crippen LogP contribution in [-0.4, -0.2) is 19.6 Å². The number of piperidine rings is 1. The van der Waals surface area contributed by atoms with Gasteiger partial charge in [-0.3, -0.25) is 0 Å². The van der Waals surface area contributed by atoms with Gasteiger partial charge in [0, 0.05) is 18.8 Å². The Hall–Kier alpha value is -1.02. The Bertz CT molecular complexity index is 312. The van der Waals surface area contributed by atoms with E-state index in [1.54, 1.807) is 0 Å². The summed E-state index contributed by atoms with van der Waals surface area (Å²) in [5.41, 5.74) is 8.39. The van der Waals surface area contributed by atoms with E-state index < -0.39 is 0 Å². The molecule has 0 aliphatic carbocycles. The third-order valence-corrected chi connectivity index (χ3v) is 3.54. The molecule has 2 nitrogen and oxygen atoms in total. The van der Waals surface area contributed by atoms with Crippen molar-refractivity contribution < 1.29 is 0 Å². The highest BCUT2D eigenvalue weighted by molar-refractivity contribution is 5.48. The van der Waals surface area contributed by atoms with Gasteiger partial charge in [0.1, 0.15) is 0 Å². The van der Waals surface area contributed by atoms with Crippen LogP contribution >= 0.6 is 0 Å². The molecule has 1 aromatic rings. The summed E-state index contributed by atoms with van der Waals surface area (Å²) in [5, 5.41) is 0. The summed E-state index contributed by atoms with van der Waals surface area (Å²) in [6, 6.07) is 8.93. The van der Waals surface area contributed by atoms with Crippen molar-refractivity contribution in [3.05, 3.63) is 29.8 Å². The average molecular weight is 218 g/mol. The molecule has 1 atom stereocenters. The Morgan fingerprint density at radius 2 is 1.75 bits per heavy atom. The van der Waals surface area contributed by atoms with Gasteiger partial charge >= 0.3 is 0 Å². The van der Waals surface area contributed by atoms with E-state index in [-0.39, 0.29) is 0 Å².